The molecule has 1 aromatic heterocycles. The number of fused-ring (bicyclic) bond motifs is 1. The molecule has 1 heterocycles. The van der Waals surface area contributed by atoms with E-state index in [0.717, 1.165) is 11.1 Å². The van der Waals surface area contributed by atoms with Gasteiger partial charge in [-0.2, -0.15) is 0 Å². The number of anilines is 2. The first kappa shape index (κ1) is 21.3. The van der Waals surface area contributed by atoms with Gasteiger partial charge >= 0.3 is 5.69 Å². The minimum absolute atomic E-state index is 0.0183. The SMILES string of the molecule is O=[N+]([O-])c1c(NCCCO)cc(N(Cc2ccccc2)Cc2ccccc2)c2nonc12. The molecule has 164 valence electrons. The van der Waals surface area contributed by atoms with E-state index in [0.29, 0.717) is 42.9 Å². The van der Waals surface area contributed by atoms with Crippen LogP contribution in [0, 0.1) is 10.1 Å². The van der Waals surface area contributed by atoms with Gasteiger partial charge in [-0.05, 0) is 33.9 Å². The number of aromatic nitrogens is 2. The largest absolute Gasteiger partial charge is 0.396 e. The van der Waals surface area contributed by atoms with Gasteiger partial charge in [0.15, 0.2) is 5.52 Å². The number of hydrogen-bond acceptors (Lipinski definition) is 8. The third-order valence-corrected chi connectivity index (χ3v) is 5.10. The van der Waals surface area contributed by atoms with Crippen molar-refractivity contribution in [3.05, 3.63) is 88.0 Å². The molecule has 9 nitrogen and oxygen atoms in total. The molecule has 0 aliphatic heterocycles. The van der Waals surface area contributed by atoms with Gasteiger partial charge in [0.05, 0.1) is 10.6 Å². The molecule has 9 heteroatoms. The minimum atomic E-state index is -0.490. The van der Waals surface area contributed by atoms with Crippen molar-refractivity contribution in [2.45, 2.75) is 19.5 Å². The highest BCUT2D eigenvalue weighted by Gasteiger charge is 2.28. The lowest BCUT2D eigenvalue weighted by Crippen LogP contribution is -2.23. The molecule has 0 fully saturated rings. The molecule has 0 saturated heterocycles. The summed E-state index contributed by atoms with van der Waals surface area (Å²) in [7, 11) is 0. The van der Waals surface area contributed by atoms with Crippen LogP contribution in [0.5, 0.6) is 0 Å². The number of benzene rings is 3. The van der Waals surface area contributed by atoms with Crippen molar-refractivity contribution in [1.29, 1.82) is 0 Å². The number of hydrogen-bond donors (Lipinski definition) is 2. The molecule has 0 aliphatic carbocycles. The highest BCUT2D eigenvalue weighted by atomic mass is 16.6. The molecular formula is C23H23N5O4. The maximum absolute atomic E-state index is 11.8. The first-order chi connectivity index (χ1) is 15.7. The Bertz CT molecular complexity index is 1140. The van der Waals surface area contributed by atoms with E-state index in [1.54, 1.807) is 6.07 Å². The van der Waals surface area contributed by atoms with Crippen LogP contribution in [0.15, 0.2) is 71.4 Å². The van der Waals surface area contributed by atoms with Gasteiger partial charge in [-0.3, -0.25) is 10.1 Å². The van der Waals surface area contributed by atoms with E-state index in [2.05, 4.69) is 20.5 Å². The lowest BCUT2D eigenvalue weighted by atomic mass is 10.1. The zero-order chi connectivity index (χ0) is 22.3. The van der Waals surface area contributed by atoms with Gasteiger partial charge in [-0.25, -0.2) is 4.63 Å². The number of nitrogens with zero attached hydrogens (tertiary/aromatic N) is 4. The predicted octanol–water partition coefficient (Wildman–Crippen LogP) is 4.13. The predicted molar refractivity (Wildman–Crippen MR) is 121 cm³/mol. The van der Waals surface area contributed by atoms with Crippen molar-refractivity contribution in [1.82, 2.24) is 10.3 Å². The summed E-state index contributed by atoms with van der Waals surface area (Å²) >= 11 is 0. The third-order valence-electron chi connectivity index (χ3n) is 5.10. The molecule has 0 unspecified atom stereocenters. The zero-order valence-electron chi connectivity index (χ0n) is 17.3. The van der Waals surface area contributed by atoms with E-state index in [4.69, 9.17) is 9.74 Å². The second-order valence-electron chi connectivity index (χ2n) is 7.34. The second-order valence-corrected chi connectivity index (χ2v) is 7.34. The Kier molecular flexibility index (Phi) is 6.57. The Morgan fingerprint density at radius 3 is 2.12 bits per heavy atom. The summed E-state index contributed by atoms with van der Waals surface area (Å²) in [5.74, 6) is 0. The van der Waals surface area contributed by atoms with Gasteiger partial charge in [-0.15, -0.1) is 0 Å². The molecule has 4 rings (SSSR count). The fraction of sp³-hybridized carbons (Fsp3) is 0.217. The summed E-state index contributed by atoms with van der Waals surface area (Å²) in [6, 6.07) is 21.6. The van der Waals surface area contributed by atoms with E-state index >= 15 is 0 Å². The second kappa shape index (κ2) is 9.88. The lowest BCUT2D eigenvalue weighted by Gasteiger charge is -2.26. The number of nitro groups is 1. The Labute approximate surface area is 184 Å². The molecular weight excluding hydrogens is 410 g/mol. The van der Waals surface area contributed by atoms with E-state index in [-0.39, 0.29) is 17.8 Å². The summed E-state index contributed by atoms with van der Waals surface area (Å²) in [6.07, 6.45) is 0.458. The van der Waals surface area contributed by atoms with Crippen LogP contribution in [-0.4, -0.2) is 33.5 Å². The smallest absolute Gasteiger partial charge is 0.323 e. The summed E-state index contributed by atoms with van der Waals surface area (Å²) in [4.78, 5) is 13.4. The van der Waals surface area contributed by atoms with Gasteiger partial charge in [0, 0.05) is 26.2 Å². The van der Waals surface area contributed by atoms with Crippen LogP contribution in [0.3, 0.4) is 0 Å². The molecule has 0 atom stereocenters. The van der Waals surface area contributed by atoms with Crippen LogP contribution in [0.2, 0.25) is 0 Å². The highest BCUT2D eigenvalue weighted by Crippen LogP contribution is 2.39. The quantitative estimate of drug-likeness (QED) is 0.218. The lowest BCUT2D eigenvalue weighted by molar-refractivity contribution is -0.382. The van der Waals surface area contributed by atoms with Gasteiger partial charge in [0.2, 0.25) is 5.52 Å². The molecule has 0 spiro atoms. The molecule has 3 aromatic carbocycles. The first-order valence-electron chi connectivity index (χ1n) is 10.3. The molecule has 4 aromatic rings. The fourth-order valence-electron chi connectivity index (χ4n) is 3.61. The highest BCUT2D eigenvalue weighted by molar-refractivity contribution is 5.99. The first-order valence-corrected chi connectivity index (χ1v) is 10.3. The summed E-state index contributed by atoms with van der Waals surface area (Å²) in [5.41, 5.74) is 3.38. The Balaban J connectivity index is 1.82. The maximum atomic E-state index is 11.8. The summed E-state index contributed by atoms with van der Waals surface area (Å²) in [6.45, 7) is 1.48. The summed E-state index contributed by atoms with van der Waals surface area (Å²) in [5, 5.41) is 31.8. The number of nitro benzene ring substituents is 1. The molecule has 0 radical (unpaired) electrons. The van der Waals surface area contributed by atoms with Crippen molar-refractivity contribution in [3.8, 4) is 0 Å². The minimum Gasteiger partial charge on any atom is -0.396 e. The van der Waals surface area contributed by atoms with E-state index in [1.807, 2.05) is 60.7 Å². The number of aliphatic hydroxyl groups excluding tert-OH is 1. The Hall–Kier alpha value is -3.98. The Morgan fingerprint density at radius 1 is 0.969 bits per heavy atom. The molecule has 0 bridgehead atoms. The molecule has 0 saturated carbocycles. The van der Waals surface area contributed by atoms with Crippen molar-refractivity contribution in [2.75, 3.05) is 23.4 Å². The van der Waals surface area contributed by atoms with Gasteiger partial charge in [0.1, 0.15) is 5.69 Å². The van der Waals surface area contributed by atoms with Gasteiger partial charge in [-0.1, -0.05) is 60.7 Å². The molecule has 2 N–H and O–H groups in total. The third kappa shape index (κ3) is 4.68. The standard InChI is InChI=1S/C23H23N5O4/c29-13-7-12-24-19-14-20(21-22(26-32-25-21)23(19)28(30)31)27(15-17-8-3-1-4-9-17)16-18-10-5-2-6-11-18/h1-6,8-11,14,24,29H,7,12-13,15-16H2. The average Bonchev–Trinajstić information content (AvgIpc) is 3.29. The number of nitrogens with one attached hydrogen (secondary N) is 1. The Morgan fingerprint density at radius 2 is 1.56 bits per heavy atom. The normalized spacial score (nSPS) is 10.9. The van der Waals surface area contributed by atoms with E-state index in [1.165, 1.54) is 0 Å². The molecule has 0 amide bonds. The topological polar surface area (TPSA) is 118 Å². The van der Waals surface area contributed by atoms with Crippen LogP contribution in [-0.2, 0) is 13.1 Å². The summed E-state index contributed by atoms with van der Waals surface area (Å²) < 4.78 is 4.93. The van der Waals surface area contributed by atoms with Crippen LogP contribution < -0.4 is 10.2 Å². The fourth-order valence-corrected chi connectivity index (χ4v) is 3.61. The van der Waals surface area contributed by atoms with Crippen molar-refractivity contribution in [3.63, 3.8) is 0 Å². The maximum Gasteiger partial charge on any atom is 0.323 e. The zero-order valence-corrected chi connectivity index (χ0v) is 17.3. The van der Waals surface area contributed by atoms with Crippen molar-refractivity contribution < 1.29 is 14.7 Å². The van der Waals surface area contributed by atoms with Crippen molar-refractivity contribution >= 4 is 28.1 Å². The van der Waals surface area contributed by atoms with Crippen LogP contribution in [0.1, 0.15) is 17.5 Å². The van der Waals surface area contributed by atoms with Crippen molar-refractivity contribution in [2.24, 2.45) is 0 Å². The monoisotopic (exact) mass is 433 g/mol. The average molecular weight is 433 g/mol. The van der Waals surface area contributed by atoms with Gasteiger partial charge in [0.25, 0.3) is 0 Å². The molecule has 0 aliphatic rings. The molecule has 32 heavy (non-hydrogen) atoms. The van der Waals surface area contributed by atoms with Crippen LogP contribution in [0.25, 0.3) is 11.0 Å². The van der Waals surface area contributed by atoms with E-state index in [9.17, 15) is 10.1 Å². The van der Waals surface area contributed by atoms with Gasteiger partial charge < -0.3 is 15.3 Å². The van der Waals surface area contributed by atoms with E-state index < -0.39 is 4.92 Å². The number of rotatable bonds is 10. The van der Waals surface area contributed by atoms with Crippen LogP contribution >= 0.6 is 0 Å². The van der Waals surface area contributed by atoms with Crippen LogP contribution in [0.4, 0.5) is 17.1 Å². The number of aliphatic hydroxyl groups is 1.